The highest BCUT2D eigenvalue weighted by molar-refractivity contribution is 7.18. The van der Waals surface area contributed by atoms with Crippen LogP contribution in [0.2, 0.25) is 0 Å². The molecule has 7 heteroatoms. The molecule has 0 radical (unpaired) electrons. The van der Waals surface area contributed by atoms with Crippen LogP contribution in [0.4, 0.5) is 0 Å². The molecule has 2 aromatic rings. The van der Waals surface area contributed by atoms with Crippen molar-refractivity contribution in [1.29, 1.82) is 0 Å². The lowest BCUT2D eigenvalue weighted by Gasteiger charge is -2.33. The number of rotatable bonds is 6. The quantitative estimate of drug-likeness (QED) is 0.827. The maximum atomic E-state index is 12.2. The number of piperidine rings is 1. The van der Waals surface area contributed by atoms with E-state index in [9.17, 15) is 9.59 Å². The molecule has 2 heterocycles. The number of hydrogen-bond acceptors (Lipinski definition) is 5. The lowest BCUT2D eigenvalue weighted by atomic mass is 10.0. The Balaban J connectivity index is 1.64. The molecule has 0 spiro atoms. The van der Waals surface area contributed by atoms with Gasteiger partial charge in [-0.2, -0.15) is 0 Å². The number of amides is 2. The van der Waals surface area contributed by atoms with Crippen LogP contribution >= 0.6 is 11.3 Å². The van der Waals surface area contributed by atoms with E-state index >= 15 is 0 Å². The van der Waals surface area contributed by atoms with Crippen molar-refractivity contribution in [2.24, 2.45) is 0 Å². The second-order valence-corrected chi connectivity index (χ2v) is 7.29. The van der Waals surface area contributed by atoms with Gasteiger partial charge in [-0.05, 0) is 38.4 Å². The number of fused-ring (bicyclic) bond motifs is 1. The Bertz CT molecular complexity index is 713. The molecule has 0 aliphatic carbocycles. The summed E-state index contributed by atoms with van der Waals surface area (Å²) in [7, 11) is 0. The number of para-hydroxylation sites is 1. The van der Waals surface area contributed by atoms with E-state index in [0.717, 1.165) is 36.3 Å². The van der Waals surface area contributed by atoms with Crippen LogP contribution in [0, 0.1) is 0 Å². The summed E-state index contributed by atoms with van der Waals surface area (Å²) < 4.78 is 1.18. The summed E-state index contributed by atoms with van der Waals surface area (Å²) in [4.78, 5) is 30.7. The Hall–Kier alpha value is -1.99. The van der Waals surface area contributed by atoms with Gasteiger partial charge in [-0.25, -0.2) is 4.98 Å². The third-order valence-electron chi connectivity index (χ3n) is 4.38. The van der Waals surface area contributed by atoms with Crippen LogP contribution in [-0.2, 0) is 9.59 Å². The largest absolute Gasteiger partial charge is 0.355 e. The Morgan fingerprint density at radius 3 is 2.88 bits per heavy atom. The average Bonchev–Trinajstić information content (AvgIpc) is 3.04. The first-order chi connectivity index (χ1) is 12.2. The van der Waals surface area contributed by atoms with Crippen molar-refractivity contribution in [1.82, 2.24) is 20.5 Å². The first kappa shape index (κ1) is 17.8. The van der Waals surface area contributed by atoms with Crippen molar-refractivity contribution in [2.45, 2.75) is 32.2 Å². The first-order valence-electron chi connectivity index (χ1n) is 8.80. The van der Waals surface area contributed by atoms with Gasteiger partial charge in [-0.1, -0.05) is 18.6 Å². The van der Waals surface area contributed by atoms with Crippen LogP contribution in [0.5, 0.6) is 0 Å². The minimum atomic E-state index is -0.155. The molecule has 3 rings (SSSR count). The summed E-state index contributed by atoms with van der Waals surface area (Å²) in [6.45, 7) is 3.65. The molecule has 134 valence electrons. The molecule has 1 aliphatic rings. The summed E-state index contributed by atoms with van der Waals surface area (Å²) in [6, 6.07) is 8.32. The van der Waals surface area contributed by atoms with Gasteiger partial charge in [0.1, 0.15) is 5.01 Å². The summed E-state index contributed by atoms with van der Waals surface area (Å²) in [5.41, 5.74) is 1.02. The van der Waals surface area contributed by atoms with E-state index in [0.29, 0.717) is 13.1 Å². The number of benzene rings is 1. The first-order valence-corrected chi connectivity index (χ1v) is 9.62. The number of carbonyl (C=O) groups is 2. The number of thiazole rings is 1. The van der Waals surface area contributed by atoms with Crippen LogP contribution in [0.25, 0.3) is 10.2 Å². The van der Waals surface area contributed by atoms with Gasteiger partial charge in [0.15, 0.2) is 0 Å². The Morgan fingerprint density at radius 2 is 2.08 bits per heavy atom. The van der Waals surface area contributed by atoms with Gasteiger partial charge >= 0.3 is 0 Å². The second kappa shape index (κ2) is 8.40. The zero-order valence-electron chi connectivity index (χ0n) is 14.5. The second-order valence-electron chi connectivity index (χ2n) is 6.23. The fourth-order valence-corrected chi connectivity index (χ4v) is 4.31. The SMILES string of the molecule is CCNC(=O)CNC(=O)CN1CCCC[C@H]1c1nc2ccccc2s1. The van der Waals surface area contributed by atoms with Crippen LogP contribution in [-0.4, -0.2) is 47.9 Å². The van der Waals surface area contributed by atoms with E-state index in [-0.39, 0.29) is 24.4 Å². The van der Waals surface area contributed by atoms with E-state index in [1.54, 1.807) is 11.3 Å². The predicted octanol–water partition coefficient (Wildman–Crippen LogP) is 2.08. The van der Waals surface area contributed by atoms with E-state index in [1.807, 2.05) is 25.1 Å². The lowest BCUT2D eigenvalue weighted by molar-refractivity contribution is -0.127. The lowest BCUT2D eigenvalue weighted by Crippen LogP contribution is -2.44. The molecule has 1 aliphatic heterocycles. The molecule has 2 amide bonds. The van der Waals surface area contributed by atoms with Crippen LogP contribution in [0.1, 0.15) is 37.2 Å². The van der Waals surface area contributed by atoms with Crippen LogP contribution in [0.3, 0.4) is 0 Å². The van der Waals surface area contributed by atoms with Gasteiger partial charge in [-0.3, -0.25) is 14.5 Å². The molecule has 0 saturated carbocycles. The zero-order chi connectivity index (χ0) is 17.6. The molecule has 1 aromatic heterocycles. The summed E-state index contributed by atoms with van der Waals surface area (Å²) in [5.74, 6) is -0.267. The number of aromatic nitrogens is 1. The van der Waals surface area contributed by atoms with Crippen molar-refractivity contribution < 1.29 is 9.59 Å². The predicted molar refractivity (Wildman–Crippen MR) is 99.5 cm³/mol. The van der Waals surface area contributed by atoms with Gasteiger partial charge in [0, 0.05) is 6.54 Å². The molecule has 1 atom stereocenters. The van der Waals surface area contributed by atoms with E-state index < -0.39 is 0 Å². The molecule has 1 saturated heterocycles. The van der Waals surface area contributed by atoms with Crippen molar-refractivity contribution in [2.75, 3.05) is 26.2 Å². The number of likely N-dealkylation sites (tertiary alicyclic amines) is 1. The standard InChI is InChI=1S/C18H24N4O2S/c1-2-19-16(23)11-20-17(24)12-22-10-6-5-8-14(22)18-21-13-7-3-4-9-15(13)25-18/h3-4,7,9,14H,2,5-6,8,10-12H2,1H3,(H,19,23)(H,20,24)/t14-/m0/s1. The summed E-state index contributed by atoms with van der Waals surface area (Å²) in [5, 5.41) is 6.46. The highest BCUT2D eigenvalue weighted by Gasteiger charge is 2.28. The van der Waals surface area contributed by atoms with Gasteiger partial charge < -0.3 is 10.6 Å². The smallest absolute Gasteiger partial charge is 0.239 e. The number of nitrogens with one attached hydrogen (secondary N) is 2. The number of carbonyl (C=O) groups excluding carboxylic acids is 2. The number of likely N-dealkylation sites (N-methyl/N-ethyl adjacent to an activating group) is 1. The monoisotopic (exact) mass is 360 g/mol. The third kappa shape index (κ3) is 4.55. The number of nitrogens with zero attached hydrogens (tertiary/aromatic N) is 2. The van der Waals surface area contributed by atoms with Gasteiger partial charge in [0.25, 0.3) is 0 Å². The molecule has 6 nitrogen and oxygen atoms in total. The molecule has 25 heavy (non-hydrogen) atoms. The minimum absolute atomic E-state index is 0.0340. The highest BCUT2D eigenvalue weighted by Crippen LogP contribution is 2.35. The van der Waals surface area contributed by atoms with E-state index in [2.05, 4.69) is 21.6 Å². The number of hydrogen-bond donors (Lipinski definition) is 2. The van der Waals surface area contributed by atoms with Crippen LogP contribution < -0.4 is 10.6 Å². The van der Waals surface area contributed by atoms with Crippen LogP contribution in [0.15, 0.2) is 24.3 Å². The average molecular weight is 360 g/mol. The van der Waals surface area contributed by atoms with E-state index in [4.69, 9.17) is 4.98 Å². The zero-order valence-corrected chi connectivity index (χ0v) is 15.3. The normalized spacial score (nSPS) is 18.2. The van der Waals surface area contributed by atoms with Crippen molar-refractivity contribution in [3.05, 3.63) is 29.3 Å². The molecule has 0 unspecified atom stereocenters. The van der Waals surface area contributed by atoms with E-state index in [1.165, 1.54) is 4.70 Å². The fourth-order valence-electron chi connectivity index (χ4n) is 3.17. The Labute approximate surface area is 151 Å². The molecular weight excluding hydrogens is 336 g/mol. The maximum absolute atomic E-state index is 12.2. The van der Waals surface area contributed by atoms with Gasteiger partial charge in [-0.15, -0.1) is 11.3 Å². The maximum Gasteiger partial charge on any atom is 0.239 e. The topological polar surface area (TPSA) is 74.3 Å². The molecule has 1 fully saturated rings. The Kier molecular flexibility index (Phi) is 5.99. The molecule has 1 aromatic carbocycles. The van der Waals surface area contributed by atoms with Crippen molar-refractivity contribution in [3.8, 4) is 0 Å². The summed E-state index contributed by atoms with van der Waals surface area (Å²) >= 11 is 1.71. The highest BCUT2D eigenvalue weighted by atomic mass is 32.1. The molecular formula is C18H24N4O2S. The fraction of sp³-hybridized carbons (Fsp3) is 0.500. The molecule has 0 bridgehead atoms. The van der Waals surface area contributed by atoms with Crippen molar-refractivity contribution in [3.63, 3.8) is 0 Å². The van der Waals surface area contributed by atoms with Crippen molar-refractivity contribution >= 4 is 33.4 Å². The minimum Gasteiger partial charge on any atom is -0.355 e. The molecule has 2 N–H and O–H groups in total. The third-order valence-corrected chi connectivity index (χ3v) is 5.51. The van der Waals surface area contributed by atoms with Gasteiger partial charge in [0.2, 0.25) is 11.8 Å². The Morgan fingerprint density at radius 1 is 1.24 bits per heavy atom. The van der Waals surface area contributed by atoms with Gasteiger partial charge in [0.05, 0.1) is 29.3 Å². The summed E-state index contributed by atoms with van der Waals surface area (Å²) in [6.07, 6.45) is 3.26.